The van der Waals surface area contributed by atoms with Crippen molar-refractivity contribution in [3.63, 3.8) is 0 Å². The van der Waals surface area contributed by atoms with Gasteiger partial charge in [0, 0.05) is 24.9 Å². The Kier molecular flexibility index (Phi) is 5.82. The van der Waals surface area contributed by atoms with E-state index in [9.17, 15) is 21.6 Å². The molecule has 2 aromatic rings. The molecule has 1 N–H and O–H groups in total. The van der Waals surface area contributed by atoms with Crippen molar-refractivity contribution in [3.8, 4) is 0 Å². The van der Waals surface area contributed by atoms with Crippen molar-refractivity contribution in [2.75, 3.05) is 24.7 Å². The highest BCUT2D eigenvalue weighted by Crippen LogP contribution is 2.21. The first-order valence-corrected chi connectivity index (χ1v) is 12.1. The van der Waals surface area contributed by atoms with Gasteiger partial charge in [0.05, 0.1) is 4.90 Å². The van der Waals surface area contributed by atoms with Gasteiger partial charge in [-0.3, -0.25) is 10.1 Å². The number of nitrogens with one attached hydrogen (secondary N) is 1. The smallest absolute Gasteiger partial charge is 0.322 e. The van der Waals surface area contributed by atoms with E-state index in [1.807, 2.05) is 0 Å². The fourth-order valence-corrected chi connectivity index (χ4v) is 4.87. The molecule has 0 saturated carbocycles. The second-order valence-electron chi connectivity index (χ2n) is 6.51. The zero-order valence-corrected chi connectivity index (χ0v) is 16.8. The highest BCUT2D eigenvalue weighted by molar-refractivity contribution is 7.89. The van der Waals surface area contributed by atoms with Gasteiger partial charge in [-0.05, 0) is 37.1 Å². The number of hydrogen-bond donors (Lipinski definition) is 1. The number of anilines is 1. The van der Waals surface area contributed by atoms with Gasteiger partial charge >= 0.3 is 6.01 Å². The molecule has 0 bridgehead atoms. The molecule has 1 saturated heterocycles. The molecule has 1 aliphatic rings. The number of carbonyl (C=O) groups excluding carboxylic acids is 1. The number of benzene rings is 1. The first-order valence-electron chi connectivity index (χ1n) is 8.57. The SMILES string of the molecule is CS(=O)(=O)Cc1nnc(NC(=O)c2ccc(S(=O)(=O)N3CCCCC3)cc2)o1. The Balaban J connectivity index is 1.68. The van der Waals surface area contributed by atoms with Crippen LogP contribution < -0.4 is 5.32 Å². The Morgan fingerprint density at radius 3 is 2.32 bits per heavy atom. The molecule has 0 atom stereocenters. The number of hydrogen-bond acceptors (Lipinski definition) is 8. The number of sulfone groups is 1. The normalized spacial score (nSPS) is 16.0. The van der Waals surface area contributed by atoms with Gasteiger partial charge in [-0.25, -0.2) is 16.8 Å². The van der Waals surface area contributed by atoms with Gasteiger partial charge in [0.1, 0.15) is 5.75 Å². The minimum atomic E-state index is -3.57. The van der Waals surface area contributed by atoms with Crippen LogP contribution in [0, 0.1) is 0 Å². The Labute approximate surface area is 162 Å². The topological polar surface area (TPSA) is 140 Å². The third kappa shape index (κ3) is 4.94. The summed E-state index contributed by atoms with van der Waals surface area (Å²) in [6.45, 7) is 0.995. The maximum atomic E-state index is 12.6. The van der Waals surface area contributed by atoms with Crippen LogP contribution in [0.25, 0.3) is 0 Å². The van der Waals surface area contributed by atoms with E-state index in [1.54, 1.807) is 0 Å². The lowest BCUT2D eigenvalue weighted by Crippen LogP contribution is -2.35. The standard InChI is InChI=1S/C16H20N4O6S2/c1-27(22,23)11-14-18-19-16(26-14)17-15(21)12-5-7-13(8-6-12)28(24,25)20-9-3-2-4-10-20/h5-8H,2-4,9-11H2,1H3,(H,17,19,21). The van der Waals surface area contributed by atoms with E-state index < -0.39 is 31.5 Å². The number of piperidine rings is 1. The van der Waals surface area contributed by atoms with E-state index in [2.05, 4.69) is 15.5 Å². The summed E-state index contributed by atoms with van der Waals surface area (Å²) in [7, 11) is -6.92. The fourth-order valence-electron chi connectivity index (χ4n) is 2.79. The molecule has 1 amide bonds. The van der Waals surface area contributed by atoms with Crippen LogP contribution in [0.15, 0.2) is 33.6 Å². The quantitative estimate of drug-likeness (QED) is 0.720. The number of amides is 1. The molecule has 2 heterocycles. The molecule has 1 aliphatic heterocycles. The molecule has 0 radical (unpaired) electrons. The molecule has 152 valence electrons. The number of carbonyl (C=O) groups is 1. The lowest BCUT2D eigenvalue weighted by atomic mass is 10.2. The first kappa shape index (κ1) is 20.4. The van der Waals surface area contributed by atoms with Gasteiger partial charge in [-0.1, -0.05) is 11.5 Å². The van der Waals surface area contributed by atoms with Crippen LogP contribution in [0.2, 0.25) is 0 Å². The zero-order valence-electron chi connectivity index (χ0n) is 15.2. The van der Waals surface area contributed by atoms with Crippen molar-refractivity contribution >= 4 is 31.8 Å². The van der Waals surface area contributed by atoms with Crippen molar-refractivity contribution in [3.05, 3.63) is 35.7 Å². The molecule has 10 nitrogen and oxygen atoms in total. The van der Waals surface area contributed by atoms with Crippen molar-refractivity contribution in [2.24, 2.45) is 0 Å². The maximum Gasteiger partial charge on any atom is 0.322 e. The predicted octanol–water partition coefficient (Wildman–Crippen LogP) is 1.04. The van der Waals surface area contributed by atoms with E-state index in [-0.39, 0.29) is 22.4 Å². The summed E-state index contributed by atoms with van der Waals surface area (Å²) in [5.41, 5.74) is 0.195. The molecule has 0 aliphatic carbocycles. The van der Waals surface area contributed by atoms with Crippen LogP contribution in [-0.2, 0) is 25.6 Å². The van der Waals surface area contributed by atoms with E-state index in [4.69, 9.17) is 4.42 Å². The molecule has 28 heavy (non-hydrogen) atoms. The summed E-state index contributed by atoms with van der Waals surface area (Å²) in [6, 6.07) is 5.29. The number of rotatable bonds is 6. The molecule has 1 fully saturated rings. The van der Waals surface area contributed by atoms with Crippen molar-refractivity contribution in [1.82, 2.24) is 14.5 Å². The van der Waals surface area contributed by atoms with Crippen LogP contribution in [-0.4, -0.2) is 56.6 Å². The van der Waals surface area contributed by atoms with Crippen LogP contribution in [0.1, 0.15) is 35.5 Å². The van der Waals surface area contributed by atoms with E-state index >= 15 is 0 Å². The average Bonchev–Trinajstić information content (AvgIpc) is 3.07. The summed E-state index contributed by atoms with van der Waals surface area (Å²) in [6.07, 6.45) is 3.72. The summed E-state index contributed by atoms with van der Waals surface area (Å²) in [4.78, 5) is 12.4. The second kappa shape index (κ2) is 7.97. The summed E-state index contributed by atoms with van der Waals surface area (Å²) < 4.78 is 54.2. The van der Waals surface area contributed by atoms with Gasteiger partial charge in [0.15, 0.2) is 9.84 Å². The van der Waals surface area contributed by atoms with Crippen LogP contribution in [0.5, 0.6) is 0 Å². The second-order valence-corrected chi connectivity index (χ2v) is 10.6. The van der Waals surface area contributed by atoms with E-state index in [0.29, 0.717) is 13.1 Å². The molecule has 1 aromatic carbocycles. The lowest BCUT2D eigenvalue weighted by Gasteiger charge is -2.25. The first-order chi connectivity index (χ1) is 13.1. The monoisotopic (exact) mass is 428 g/mol. The van der Waals surface area contributed by atoms with Gasteiger partial charge in [-0.15, -0.1) is 5.10 Å². The Morgan fingerprint density at radius 1 is 1.07 bits per heavy atom. The average molecular weight is 428 g/mol. The zero-order chi connectivity index (χ0) is 20.4. The Hall–Kier alpha value is -2.31. The highest BCUT2D eigenvalue weighted by Gasteiger charge is 2.26. The molecular weight excluding hydrogens is 408 g/mol. The van der Waals surface area contributed by atoms with Gasteiger partial charge in [0.25, 0.3) is 5.91 Å². The number of sulfonamides is 1. The third-order valence-electron chi connectivity index (χ3n) is 4.14. The Morgan fingerprint density at radius 2 is 1.71 bits per heavy atom. The third-order valence-corrected chi connectivity index (χ3v) is 6.83. The maximum absolute atomic E-state index is 12.6. The minimum Gasteiger partial charge on any atom is -0.407 e. The fraction of sp³-hybridized carbons (Fsp3) is 0.438. The lowest BCUT2D eigenvalue weighted by molar-refractivity contribution is 0.102. The van der Waals surface area contributed by atoms with Crippen LogP contribution >= 0.6 is 0 Å². The Bertz CT molecular complexity index is 1050. The van der Waals surface area contributed by atoms with Crippen molar-refractivity contribution < 1.29 is 26.0 Å². The van der Waals surface area contributed by atoms with E-state index in [1.165, 1.54) is 28.6 Å². The molecular formula is C16H20N4O6S2. The minimum absolute atomic E-state index is 0.124. The van der Waals surface area contributed by atoms with Gasteiger partial charge in [0.2, 0.25) is 15.9 Å². The molecule has 12 heteroatoms. The summed E-state index contributed by atoms with van der Waals surface area (Å²) in [5.74, 6) is -1.16. The number of nitrogens with zero attached hydrogens (tertiary/aromatic N) is 3. The van der Waals surface area contributed by atoms with Gasteiger partial charge in [-0.2, -0.15) is 4.31 Å². The molecule has 0 unspecified atom stereocenters. The highest BCUT2D eigenvalue weighted by atomic mass is 32.2. The molecule has 3 rings (SSSR count). The molecule has 1 aromatic heterocycles. The summed E-state index contributed by atoms with van der Waals surface area (Å²) >= 11 is 0. The summed E-state index contributed by atoms with van der Waals surface area (Å²) in [5, 5.41) is 9.47. The van der Waals surface area contributed by atoms with E-state index in [0.717, 1.165) is 25.5 Å². The van der Waals surface area contributed by atoms with Crippen molar-refractivity contribution in [1.29, 1.82) is 0 Å². The number of aromatic nitrogens is 2. The van der Waals surface area contributed by atoms with Crippen molar-refractivity contribution in [2.45, 2.75) is 29.9 Å². The van der Waals surface area contributed by atoms with Gasteiger partial charge < -0.3 is 4.42 Å². The largest absolute Gasteiger partial charge is 0.407 e. The van der Waals surface area contributed by atoms with Crippen LogP contribution in [0.4, 0.5) is 6.01 Å². The van der Waals surface area contributed by atoms with Crippen LogP contribution in [0.3, 0.4) is 0 Å². The predicted molar refractivity (Wildman–Crippen MR) is 99.9 cm³/mol. The molecule has 0 spiro atoms.